The molecule has 8 nitrogen and oxygen atoms in total. The van der Waals surface area contributed by atoms with Crippen LogP contribution in [0.2, 0.25) is 0 Å². The fourth-order valence-electron chi connectivity index (χ4n) is 2.50. The van der Waals surface area contributed by atoms with E-state index in [4.69, 9.17) is 22.8 Å². The molecule has 0 radical (unpaired) electrons. The van der Waals surface area contributed by atoms with E-state index in [-0.39, 0.29) is 24.4 Å². The van der Waals surface area contributed by atoms with Crippen molar-refractivity contribution < 1.29 is 24.2 Å². The highest BCUT2D eigenvalue weighted by molar-refractivity contribution is 6.08. The van der Waals surface area contributed by atoms with Gasteiger partial charge >= 0.3 is 11.9 Å². The van der Waals surface area contributed by atoms with Gasteiger partial charge in [0.25, 0.3) is 11.6 Å². The first-order valence-corrected chi connectivity index (χ1v) is 9.11. The Hall–Kier alpha value is -4.56. The second-order valence-electron chi connectivity index (χ2n) is 6.09. The van der Waals surface area contributed by atoms with Crippen molar-refractivity contribution in [2.24, 2.45) is 0 Å². The Morgan fingerprint density at radius 1 is 1.19 bits per heavy atom. The number of ether oxygens (including phenoxy) is 1. The quantitative estimate of drug-likeness (QED) is 0.225. The predicted octanol–water partition coefficient (Wildman–Crippen LogP) is 3.24. The summed E-state index contributed by atoms with van der Waals surface area (Å²) in [6.07, 6.45) is 6.87. The lowest BCUT2D eigenvalue weighted by molar-refractivity contribution is -0.141. The van der Waals surface area contributed by atoms with Gasteiger partial charge in [-0.1, -0.05) is 18.6 Å². The van der Waals surface area contributed by atoms with Crippen molar-refractivity contribution in [2.45, 2.75) is 6.92 Å². The lowest BCUT2D eigenvalue weighted by Crippen LogP contribution is -2.26. The second-order valence-corrected chi connectivity index (χ2v) is 6.09. The topological polar surface area (TPSA) is 100 Å². The molecule has 0 aliphatic carbocycles. The Morgan fingerprint density at radius 2 is 1.84 bits per heavy atom. The second kappa shape index (κ2) is 10.8. The molecule has 0 saturated heterocycles. The fraction of sp³-hybridized carbons (Fsp3) is 0.130. The summed E-state index contributed by atoms with van der Waals surface area (Å²) in [5.41, 5.74) is 1.46. The molecule has 0 saturated carbocycles. The zero-order chi connectivity index (χ0) is 22.8. The van der Waals surface area contributed by atoms with E-state index in [1.54, 1.807) is 31.2 Å². The number of carboxylic acids is 1. The van der Waals surface area contributed by atoms with Gasteiger partial charge in [-0.05, 0) is 55.0 Å². The summed E-state index contributed by atoms with van der Waals surface area (Å²) in [7, 11) is 0. The van der Waals surface area contributed by atoms with Crippen molar-refractivity contribution in [2.75, 3.05) is 23.4 Å². The van der Waals surface area contributed by atoms with Crippen molar-refractivity contribution in [1.29, 1.82) is 0 Å². The number of amides is 1. The van der Waals surface area contributed by atoms with E-state index in [9.17, 15) is 14.4 Å². The summed E-state index contributed by atoms with van der Waals surface area (Å²) in [5, 5.41) is 11.5. The van der Waals surface area contributed by atoms with Gasteiger partial charge in [0.15, 0.2) is 0 Å². The van der Waals surface area contributed by atoms with E-state index in [0.29, 0.717) is 16.9 Å². The van der Waals surface area contributed by atoms with Crippen LogP contribution in [0.5, 0.6) is 0 Å². The first-order valence-electron chi connectivity index (χ1n) is 9.11. The summed E-state index contributed by atoms with van der Waals surface area (Å²) < 4.78 is 4.89. The molecule has 2 rings (SSSR count). The van der Waals surface area contributed by atoms with E-state index >= 15 is 0 Å². The molecule has 31 heavy (non-hydrogen) atoms. The SMILES string of the molecule is [C-]#[N+]C(=Cc1ccc(N(C#C)CC(=O)OCC)cc1)C(=O)Nc1ccc(C(=O)O)cc1. The predicted molar refractivity (Wildman–Crippen MR) is 116 cm³/mol. The van der Waals surface area contributed by atoms with Crippen LogP contribution in [-0.2, 0) is 14.3 Å². The first-order chi connectivity index (χ1) is 14.9. The smallest absolute Gasteiger partial charge is 0.335 e. The van der Waals surface area contributed by atoms with E-state index in [2.05, 4.69) is 16.2 Å². The van der Waals surface area contributed by atoms with Crippen LogP contribution in [0.3, 0.4) is 0 Å². The minimum absolute atomic E-state index is 0.0861. The van der Waals surface area contributed by atoms with Crippen LogP contribution in [-0.4, -0.2) is 36.1 Å². The Bertz CT molecular complexity index is 1070. The normalized spacial score (nSPS) is 10.4. The van der Waals surface area contributed by atoms with Crippen LogP contribution in [0.1, 0.15) is 22.8 Å². The fourth-order valence-corrected chi connectivity index (χ4v) is 2.50. The van der Waals surface area contributed by atoms with Gasteiger partial charge in [-0.25, -0.2) is 9.64 Å². The maximum absolute atomic E-state index is 12.4. The number of hydrogen-bond donors (Lipinski definition) is 2. The number of nitrogens with zero attached hydrogens (tertiary/aromatic N) is 2. The first kappa shape index (κ1) is 22.7. The number of anilines is 2. The van der Waals surface area contributed by atoms with Crippen LogP contribution in [0.4, 0.5) is 11.4 Å². The van der Waals surface area contributed by atoms with Crippen molar-refractivity contribution >= 4 is 35.3 Å². The van der Waals surface area contributed by atoms with Gasteiger partial charge < -0.3 is 15.2 Å². The Labute approximate surface area is 179 Å². The van der Waals surface area contributed by atoms with E-state index in [1.807, 2.05) is 0 Å². The van der Waals surface area contributed by atoms with Gasteiger partial charge in [0, 0.05) is 17.4 Å². The molecule has 1 amide bonds. The van der Waals surface area contributed by atoms with Crippen LogP contribution in [0.15, 0.2) is 54.2 Å². The van der Waals surface area contributed by atoms with E-state index < -0.39 is 17.8 Å². The van der Waals surface area contributed by atoms with Gasteiger partial charge in [0.1, 0.15) is 6.54 Å². The largest absolute Gasteiger partial charge is 0.478 e. The maximum Gasteiger partial charge on any atom is 0.335 e. The Kier molecular flexibility index (Phi) is 7.95. The average Bonchev–Trinajstić information content (AvgIpc) is 2.76. The van der Waals surface area contributed by atoms with Crippen molar-refractivity contribution in [3.63, 3.8) is 0 Å². The molecule has 0 fully saturated rings. The highest BCUT2D eigenvalue weighted by Gasteiger charge is 2.13. The van der Waals surface area contributed by atoms with Gasteiger partial charge in [0.05, 0.1) is 18.7 Å². The lowest BCUT2D eigenvalue weighted by Gasteiger charge is -2.16. The number of aromatic carboxylic acids is 1. The van der Waals surface area contributed by atoms with Gasteiger partial charge in [-0.3, -0.25) is 14.5 Å². The molecule has 0 bridgehead atoms. The number of rotatable bonds is 8. The number of hydrogen-bond acceptors (Lipinski definition) is 5. The molecule has 2 aromatic rings. The summed E-state index contributed by atoms with van der Waals surface area (Å²) >= 11 is 0. The molecule has 0 atom stereocenters. The minimum atomic E-state index is -1.08. The molecule has 0 unspecified atom stereocenters. The molecule has 2 aromatic carbocycles. The molecule has 0 heterocycles. The number of carboxylic acid groups (broad SMARTS) is 1. The summed E-state index contributed by atoms with van der Waals surface area (Å²) in [6.45, 7) is 9.14. The third-order valence-corrected chi connectivity index (χ3v) is 4.00. The number of benzene rings is 2. The van der Waals surface area contributed by atoms with Gasteiger partial charge in [-0.15, -0.1) is 0 Å². The number of nitrogens with one attached hydrogen (secondary N) is 1. The number of carbonyl (C=O) groups is 3. The highest BCUT2D eigenvalue weighted by atomic mass is 16.5. The van der Waals surface area contributed by atoms with Crippen molar-refractivity contribution in [3.8, 4) is 12.5 Å². The van der Waals surface area contributed by atoms with Crippen molar-refractivity contribution in [1.82, 2.24) is 0 Å². The monoisotopic (exact) mass is 417 g/mol. The number of esters is 1. The lowest BCUT2D eigenvalue weighted by atomic mass is 10.1. The number of terminal acetylenes is 1. The van der Waals surface area contributed by atoms with Gasteiger partial charge in [-0.2, -0.15) is 0 Å². The molecule has 2 N–H and O–H groups in total. The molecule has 156 valence electrons. The van der Waals surface area contributed by atoms with E-state index in [1.165, 1.54) is 35.2 Å². The van der Waals surface area contributed by atoms with Crippen molar-refractivity contribution in [3.05, 3.63) is 76.8 Å². The average molecular weight is 417 g/mol. The standard InChI is InChI=1S/C23H19N3O5/c1-4-26(15-21(27)31-5-2)19-12-6-16(7-13-19)14-20(24-3)22(28)25-18-10-8-17(9-11-18)23(29)30/h1,6-14H,5,15H2,2H3,(H,25,28)(H,29,30). The highest BCUT2D eigenvalue weighted by Crippen LogP contribution is 2.18. The summed E-state index contributed by atoms with van der Waals surface area (Å²) in [6, 6.07) is 14.6. The minimum Gasteiger partial charge on any atom is -0.478 e. The third-order valence-electron chi connectivity index (χ3n) is 4.00. The summed E-state index contributed by atoms with van der Waals surface area (Å²) in [4.78, 5) is 39.5. The molecular formula is C23H19N3O5. The molecular weight excluding hydrogens is 398 g/mol. The van der Waals surface area contributed by atoms with Crippen LogP contribution >= 0.6 is 0 Å². The molecule has 8 heteroatoms. The number of carbonyl (C=O) groups excluding carboxylic acids is 2. The Morgan fingerprint density at radius 3 is 2.35 bits per heavy atom. The summed E-state index contributed by atoms with van der Waals surface area (Å²) in [5.74, 6) is -2.16. The maximum atomic E-state index is 12.4. The molecule has 0 aliphatic rings. The van der Waals surface area contributed by atoms with Crippen LogP contribution in [0, 0.1) is 19.0 Å². The third kappa shape index (κ3) is 6.48. The van der Waals surface area contributed by atoms with E-state index in [0.717, 1.165) is 0 Å². The van der Waals surface area contributed by atoms with Crippen LogP contribution in [0.25, 0.3) is 10.9 Å². The Balaban J connectivity index is 2.12. The molecule has 0 aromatic heterocycles. The molecule has 0 aliphatic heterocycles. The molecule has 0 spiro atoms. The zero-order valence-electron chi connectivity index (χ0n) is 16.7. The van der Waals surface area contributed by atoms with Gasteiger partial charge in [0.2, 0.25) is 0 Å². The zero-order valence-corrected chi connectivity index (χ0v) is 16.7. The van der Waals surface area contributed by atoms with Crippen LogP contribution < -0.4 is 10.2 Å².